The van der Waals surface area contributed by atoms with Gasteiger partial charge in [-0.05, 0) is 19.6 Å². The van der Waals surface area contributed by atoms with E-state index in [9.17, 15) is 0 Å². The summed E-state index contributed by atoms with van der Waals surface area (Å²) in [5.74, 6) is 0.596. The Bertz CT molecular complexity index is 161. The third-order valence-electron chi connectivity index (χ3n) is 0.972. The van der Waals surface area contributed by atoms with Crippen LogP contribution in [0.2, 0.25) is 19.6 Å². The van der Waals surface area contributed by atoms with Crippen LogP contribution < -0.4 is 0 Å². The van der Waals surface area contributed by atoms with Gasteiger partial charge in [-0.1, -0.05) is 0 Å². The Labute approximate surface area is 76.1 Å². The molecule has 0 aliphatic heterocycles. The van der Waals surface area contributed by atoms with Crippen molar-refractivity contribution in [2.45, 2.75) is 19.6 Å². The van der Waals surface area contributed by atoms with E-state index in [0.717, 1.165) is 0 Å². The first-order chi connectivity index (χ1) is 5.35. The summed E-state index contributed by atoms with van der Waals surface area (Å²) in [5.41, 5.74) is 0. The number of rotatable bonds is 4. The zero-order valence-electron chi connectivity index (χ0n) is 8.84. The Morgan fingerprint density at radius 1 is 1.25 bits per heavy atom. The highest BCUT2D eigenvalue weighted by Crippen LogP contribution is 2.10. The fourth-order valence-electron chi connectivity index (χ4n) is 0.633. The van der Waals surface area contributed by atoms with Crippen LogP contribution in [-0.4, -0.2) is 34.4 Å². The number of methoxy groups -OCH3 is 1. The minimum absolute atomic E-state index is 0.596. The molecule has 3 nitrogen and oxygen atoms in total. The Balaban J connectivity index is 4.18. The lowest BCUT2D eigenvalue weighted by Gasteiger charge is -2.21. The predicted molar refractivity (Wildman–Crippen MR) is 53.2 cm³/mol. The fraction of sp³-hybridized carbons (Fsp3) is 0.750. The number of ether oxygens (including phenoxy) is 1. The van der Waals surface area contributed by atoms with Gasteiger partial charge in [-0.15, -0.1) is 0 Å². The van der Waals surface area contributed by atoms with Gasteiger partial charge in [-0.3, -0.25) is 0 Å². The normalized spacial score (nSPS) is 12.7. The summed E-state index contributed by atoms with van der Waals surface area (Å²) in [6.45, 7) is 6.36. The van der Waals surface area contributed by atoms with E-state index in [1.54, 1.807) is 7.11 Å². The summed E-state index contributed by atoms with van der Waals surface area (Å²) in [6, 6.07) is 0. The second-order valence-electron chi connectivity index (χ2n) is 3.83. The second kappa shape index (κ2) is 4.40. The highest BCUT2D eigenvalue weighted by Gasteiger charge is 2.18. The third kappa shape index (κ3) is 6.09. The van der Waals surface area contributed by atoms with Crippen molar-refractivity contribution >= 4 is 8.32 Å². The Morgan fingerprint density at radius 3 is 2.00 bits per heavy atom. The van der Waals surface area contributed by atoms with Gasteiger partial charge in [0.05, 0.1) is 13.3 Å². The smallest absolute Gasteiger partial charge is 0.281 e. The molecule has 72 valence electrons. The van der Waals surface area contributed by atoms with Crippen molar-refractivity contribution in [1.29, 1.82) is 0 Å². The van der Waals surface area contributed by atoms with Crippen molar-refractivity contribution in [3.05, 3.63) is 12.1 Å². The molecule has 0 atom stereocenters. The average Bonchev–Trinajstić information content (AvgIpc) is 1.82. The molecule has 0 N–H and O–H groups in total. The molecule has 0 spiro atoms. The fourth-order valence-corrected chi connectivity index (χ4v) is 1.37. The van der Waals surface area contributed by atoms with Crippen LogP contribution in [0.5, 0.6) is 0 Å². The topological polar surface area (TPSA) is 21.7 Å². The Hall–Kier alpha value is -0.643. The molecule has 0 radical (unpaired) electrons. The first-order valence-corrected chi connectivity index (χ1v) is 7.37. The number of hydrogen-bond acceptors (Lipinski definition) is 3. The molecular formula is C8H19NO2Si. The minimum Gasteiger partial charge on any atom is -0.519 e. The van der Waals surface area contributed by atoms with Crippen LogP contribution >= 0.6 is 0 Å². The molecule has 0 aromatic rings. The van der Waals surface area contributed by atoms with Crippen molar-refractivity contribution in [2.75, 3.05) is 21.2 Å². The monoisotopic (exact) mass is 189 g/mol. The minimum atomic E-state index is -1.53. The van der Waals surface area contributed by atoms with Crippen LogP contribution in [0.25, 0.3) is 0 Å². The van der Waals surface area contributed by atoms with Crippen molar-refractivity contribution in [3.8, 4) is 0 Å². The maximum absolute atomic E-state index is 5.63. The summed E-state index contributed by atoms with van der Waals surface area (Å²) in [7, 11) is 3.97. The molecule has 0 saturated carbocycles. The van der Waals surface area contributed by atoms with Crippen LogP contribution in [0, 0.1) is 0 Å². The summed E-state index contributed by atoms with van der Waals surface area (Å²) in [4.78, 5) is 1.90. The largest absolute Gasteiger partial charge is 0.519 e. The van der Waals surface area contributed by atoms with Gasteiger partial charge in [0.1, 0.15) is 0 Å². The molecule has 0 aromatic heterocycles. The third-order valence-corrected chi connectivity index (χ3v) is 1.79. The van der Waals surface area contributed by atoms with Gasteiger partial charge in [0, 0.05) is 14.1 Å². The summed E-state index contributed by atoms with van der Waals surface area (Å²) in [5, 5.41) is 0. The van der Waals surface area contributed by atoms with E-state index in [-0.39, 0.29) is 0 Å². The molecule has 0 aliphatic carbocycles. The van der Waals surface area contributed by atoms with E-state index in [2.05, 4.69) is 19.6 Å². The SMILES string of the molecule is COC(=CN(C)C)O[Si](C)(C)C. The highest BCUT2D eigenvalue weighted by atomic mass is 28.4. The lowest BCUT2D eigenvalue weighted by atomic mass is 10.8. The van der Waals surface area contributed by atoms with Gasteiger partial charge in [0.15, 0.2) is 0 Å². The van der Waals surface area contributed by atoms with Gasteiger partial charge in [-0.2, -0.15) is 0 Å². The second-order valence-corrected chi connectivity index (χ2v) is 8.26. The van der Waals surface area contributed by atoms with E-state index in [1.165, 1.54) is 0 Å². The van der Waals surface area contributed by atoms with Crippen molar-refractivity contribution in [2.24, 2.45) is 0 Å². The van der Waals surface area contributed by atoms with Crippen LogP contribution in [0.4, 0.5) is 0 Å². The first kappa shape index (κ1) is 11.4. The van der Waals surface area contributed by atoms with Crippen molar-refractivity contribution < 1.29 is 9.16 Å². The molecule has 0 fully saturated rings. The maximum atomic E-state index is 5.63. The highest BCUT2D eigenvalue weighted by molar-refractivity contribution is 6.69. The molecule has 4 heteroatoms. The molecule has 0 saturated heterocycles. The summed E-state index contributed by atoms with van der Waals surface area (Å²) < 4.78 is 10.7. The Morgan fingerprint density at radius 2 is 1.75 bits per heavy atom. The lowest BCUT2D eigenvalue weighted by molar-refractivity contribution is 0.139. The van der Waals surface area contributed by atoms with Gasteiger partial charge >= 0.3 is 0 Å². The van der Waals surface area contributed by atoms with E-state index in [1.807, 2.05) is 25.2 Å². The van der Waals surface area contributed by atoms with Crippen LogP contribution in [0.15, 0.2) is 12.1 Å². The number of nitrogens with zero attached hydrogens (tertiary/aromatic N) is 1. The van der Waals surface area contributed by atoms with E-state index >= 15 is 0 Å². The van der Waals surface area contributed by atoms with E-state index in [4.69, 9.17) is 9.16 Å². The predicted octanol–water partition coefficient (Wildman–Crippen LogP) is 1.84. The maximum Gasteiger partial charge on any atom is 0.281 e. The first-order valence-electron chi connectivity index (χ1n) is 3.96. The van der Waals surface area contributed by atoms with Crippen LogP contribution in [-0.2, 0) is 9.16 Å². The number of hydrogen-bond donors (Lipinski definition) is 0. The molecule has 0 amide bonds. The van der Waals surface area contributed by atoms with Crippen molar-refractivity contribution in [3.63, 3.8) is 0 Å². The molecular weight excluding hydrogens is 170 g/mol. The van der Waals surface area contributed by atoms with Crippen molar-refractivity contribution in [1.82, 2.24) is 4.90 Å². The standard InChI is InChI=1S/C8H19NO2Si/c1-9(2)7-8(10-3)11-12(4,5)6/h7H,1-6H3. The molecule has 0 unspecified atom stereocenters. The van der Waals surface area contributed by atoms with Gasteiger partial charge in [-0.25, -0.2) is 0 Å². The van der Waals surface area contributed by atoms with Gasteiger partial charge in [0.2, 0.25) is 8.32 Å². The quantitative estimate of drug-likeness (QED) is 0.497. The molecule has 0 aromatic carbocycles. The molecule has 0 bridgehead atoms. The van der Waals surface area contributed by atoms with E-state index in [0.29, 0.717) is 5.95 Å². The van der Waals surface area contributed by atoms with Gasteiger partial charge in [0.25, 0.3) is 5.95 Å². The zero-order valence-corrected chi connectivity index (χ0v) is 9.84. The van der Waals surface area contributed by atoms with Gasteiger partial charge < -0.3 is 14.1 Å². The molecule has 0 heterocycles. The Kier molecular flexibility index (Phi) is 4.16. The summed E-state index contributed by atoms with van der Waals surface area (Å²) in [6.07, 6.45) is 1.83. The van der Waals surface area contributed by atoms with Crippen LogP contribution in [0.3, 0.4) is 0 Å². The van der Waals surface area contributed by atoms with Crippen LogP contribution in [0.1, 0.15) is 0 Å². The molecule has 0 aliphatic rings. The zero-order chi connectivity index (χ0) is 9.78. The molecule has 0 rings (SSSR count). The lowest BCUT2D eigenvalue weighted by Crippen LogP contribution is -2.26. The summed E-state index contributed by atoms with van der Waals surface area (Å²) >= 11 is 0. The van der Waals surface area contributed by atoms with E-state index < -0.39 is 8.32 Å². The average molecular weight is 189 g/mol. The molecule has 12 heavy (non-hydrogen) atoms.